The Morgan fingerprint density at radius 1 is 1.20 bits per heavy atom. The Labute approximate surface area is 121 Å². The van der Waals surface area contributed by atoms with Gasteiger partial charge in [0.25, 0.3) is 0 Å². The van der Waals surface area contributed by atoms with Gasteiger partial charge in [0, 0.05) is 24.6 Å². The van der Waals surface area contributed by atoms with Crippen LogP contribution in [0.5, 0.6) is 0 Å². The molecule has 6 heteroatoms. The number of nitrogens with one attached hydrogen (secondary N) is 2. The molecular formula is C14H26N6. The zero-order chi connectivity index (χ0) is 14.5. The first kappa shape index (κ1) is 15.0. The maximum atomic E-state index is 5.47. The normalized spacial score (nSPS) is 17.4. The molecule has 0 radical (unpaired) electrons. The summed E-state index contributed by atoms with van der Waals surface area (Å²) in [5.41, 5.74) is 2.61. The van der Waals surface area contributed by atoms with Gasteiger partial charge >= 0.3 is 0 Å². The monoisotopic (exact) mass is 278 g/mol. The van der Waals surface area contributed by atoms with E-state index in [9.17, 15) is 0 Å². The molecule has 0 aromatic carbocycles. The van der Waals surface area contributed by atoms with E-state index in [0.717, 1.165) is 18.2 Å². The summed E-state index contributed by atoms with van der Waals surface area (Å²) in [5, 5.41) is 3.45. The van der Waals surface area contributed by atoms with Crippen LogP contribution in [0.3, 0.4) is 0 Å². The van der Waals surface area contributed by atoms with Crippen molar-refractivity contribution in [1.29, 1.82) is 0 Å². The van der Waals surface area contributed by atoms with Gasteiger partial charge in [0.15, 0.2) is 0 Å². The van der Waals surface area contributed by atoms with E-state index in [1.165, 1.54) is 25.9 Å². The molecule has 1 aromatic rings. The molecule has 6 nitrogen and oxygen atoms in total. The van der Waals surface area contributed by atoms with Crippen LogP contribution in [0.2, 0.25) is 0 Å². The summed E-state index contributed by atoms with van der Waals surface area (Å²) in [6, 6.07) is 2.21. The number of nitrogens with zero attached hydrogens (tertiary/aromatic N) is 3. The molecule has 1 saturated heterocycles. The van der Waals surface area contributed by atoms with Crippen molar-refractivity contribution < 1.29 is 0 Å². The standard InChI is InChI=1S/C14H26N6/c1-10(2)14-17-12(8-13(18-14)19-15)16-11(3)9-20-6-4-5-7-20/h8,10-11H,4-7,9,15H2,1-3H3,(H2,16,17,18,19). The third-order valence-corrected chi connectivity index (χ3v) is 3.53. The quantitative estimate of drug-likeness (QED) is 0.544. The van der Waals surface area contributed by atoms with Crippen LogP contribution in [0, 0.1) is 0 Å². The Hall–Kier alpha value is -1.40. The lowest BCUT2D eigenvalue weighted by Crippen LogP contribution is -2.33. The van der Waals surface area contributed by atoms with Gasteiger partial charge in [-0.05, 0) is 32.9 Å². The number of hydrogen-bond donors (Lipinski definition) is 3. The summed E-state index contributed by atoms with van der Waals surface area (Å²) < 4.78 is 0. The van der Waals surface area contributed by atoms with E-state index in [-0.39, 0.29) is 5.92 Å². The zero-order valence-corrected chi connectivity index (χ0v) is 12.7. The molecule has 112 valence electrons. The van der Waals surface area contributed by atoms with E-state index in [1.807, 2.05) is 6.07 Å². The number of nitrogen functional groups attached to an aromatic ring is 1. The molecule has 2 heterocycles. The smallest absolute Gasteiger partial charge is 0.145 e. The predicted octanol–water partition coefficient (Wildman–Crippen LogP) is 1.78. The van der Waals surface area contributed by atoms with Crippen LogP contribution in [0.25, 0.3) is 0 Å². The Bertz CT molecular complexity index is 428. The van der Waals surface area contributed by atoms with E-state index in [0.29, 0.717) is 11.9 Å². The Kier molecular flexibility index (Phi) is 5.14. The first-order valence-corrected chi connectivity index (χ1v) is 7.43. The van der Waals surface area contributed by atoms with Gasteiger partial charge in [-0.1, -0.05) is 13.8 Å². The molecular weight excluding hydrogens is 252 g/mol. The maximum absolute atomic E-state index is 5.47. The second-order valence-corrected chi connectivity index (χ2v) is 5.85. The fraction of sp³-hybridized carbons (Fsp3) is 0.714. The number of likely N-dealkylation sites (tertiary alicyclic amines) is 1. The summed E-state index contributed by atoms with van der Waals surface area (Å²) in [6.45, 7) is 9.81. The number of anilines is 2. The summed E-state index contributed by atoms with van der Waals surface area (Å²) >= 11 is 0. The molecule has 2 rings (SSSR count). The molecule has 20 heavy (non-hydrogen) atoms. The lowest BCUT2D eigenvalue weighted by Gasteiger charge is -2.22. The van der Waals surface area contributed by atoms with E-state index in [2.05, 4.69) is 46.4 Å². The molecule has 0 spiro atoms. The predicted molar refractivity (Wildman–Crippen MR) is 82.7 cm³/mol. The highest BCUT2D eigenvalue weighted by Crippen LogP contribution is 2.17. The number of rotatable bonds is 6. The molecule has 1 atom stereocenters. The lowest BCUT2D eigenvalue weighted by molar-refractivity contribution is 0.327. The van der Waals surface area contributed by atoms with Crippen molar-refractivity contribution in [3.8, 4) is 0 Å². The van der Waals surface area contributed by atoms with Gasteiger partial charge < -0.3 is 15.6 Å². The second kappa shape index (κ2) is 6.85. The number of hydrogen-bond acceptors (Lipinski definition) is 6. The van der Waals surface area contributed by atoms with Crippen LogP contribution in [0.4, 0.5) is 11.6 Å². The van der Waals surface area contributed by atoms with Crippen LogP contribution >= 0.6 is 0 Å². The van der Waals surface area contributed by atoms with Gasteiger partial charge in [-0.2, -0.15) is 0 Å². The minimum atomic E-state index is 0.276. The first-order chi connectivity index (χ1) is 9.58. The third kappa shape index (κ3) is 4.05. The molecule has 1 aromatic heterocycles. The highest BCUT2D eigenvalue weighted by Gasteiger charge is 2.15. The van der Waals surface area contributed by atoms with Crippen molar-refractivity contribution in [3.05, 3.63) is 11.9 Å². The zero-order valence-electron chi connectivity index (χ0n) is 12.7. The van der Waals surface area contributed by atoms with E-state index >= 15 is 0 Å². The minimum absolute atomic E-state index is 0.276. The fourth-order valence-electron chi connectivity index (χ4n) is 2.52. The molecule has 0 saturated carbocycles. The van der Waals surface area contributed by atoms with E-state index in [1.54, 1.807) is 0 Å². The van der Waals surface area contributed by atoms with Gasteiger partial charge in [-0.3, -0.25) is 0 Å². The average Bonchev–Trinajstić information content (AvgIpc) is 2.90. The van der Waals surface area contributed by atoms with Gasteiger partial charge in [-0.25, -0.2) is 15.8 Å². The van der Waals surface area contributed by atoms with Crippen molar-refractivity contribution in [2.24, 2.45) is 5.84 Å². The highest BCUT2D eigenvalue weighted by molar-refractivity contribution is 5.47. The molecule has 4 N–H and O–H groups in total. The van der Waals surface area contributed by atoms with Gasteiger partial charge in [0.1, 0.15) is 17.5 Å². The topological polar surface area (TPSA) is 79.1 Å². The SMILES string of the molecule is CC(CN1CCCC1)Nc1cc(NN)nc(C(C)C)n1. The van der Waals surface area contributed by atoms with Crippen LogP contribution in [-0.2, 0) is 0 Å². The average molecular weight is 278 g/mol. The Morgan fingerprint density at radius 2 is 1.85 bits per heavy atom. The summed E-state index contributed by atoms with van der Waals surface area (Å²) in [5.74, 6) is 8.04. The summed E-state index contributed by atoms with van der Waals surface area (Å²) in [6.07, 6.45) is 2.64. The van der Waals surface area contributed by atoms with Gasteiger partial charge in [0.05, 0.1) is 0 Å². The van der Waals surface area contributed by atoms with E-state index < -0.39 is 0 Å². The van der Waals surface area contributed by atoms with Crippen LogP contribution in [0.1, 0.15) is 45.4 Å². The minimum Gasteiger partial charge on any atom is -0.366 e. The van der Waals surface area contributed by atoms with E-state index in [4.69, 9.17) is 5.84 Å². The van der Waals surface area contributed by atoms with Crippen molar-refractivity contribution in [1.82, 2.24) is 14.9 Å². The molecule has 1 fully saturated rings. The Morgan fingerprint density at radius 3 is 2.45 bits per heavy atom. The highest BCUT2D eigenvalue weighted by atomic mass is 15.3. The summed E-state index contributed by atoms with van der Waals surface area (Å²) in [4.78, 5) is 11.4. The van der Waals surface area contributed by atoms with Gasteiger partial charge in [0.2, 0.25) is 0 Å². The Balaban J connectivity index is 2.01. The fourth-order valence-corrected chi connectivity index (χ4v) is 2.52. The number of aromatic nitrogens is 2. The van der Waals surface area contributed by atoms with Gasteiger partial charge in [-0.15, -0.1) is 0 Å². The molecule has 1 unspecified atom stereocenters. The number of hydrazine groups is 1. The molecule has 1 aliphatic rings. The van der Waals surface area contributed by atoms with Crippen LogP contribution in [-0.4, -0.2) is 40.5 Å². The number of nitrogens with two attached hydrogens (primary N) is 1. The molecule has 1 aliphatic heterocycles. The molecule has 0 bridgehead atoms. The first-order valence-electron chi connectivity index (χ1n) is 7.43. The molecule has 0 amide bonds. The van der Waals surface area contributed by atoms with Crippen molar-refractivity contribution in [2.75, 3.05) is 30.4 Å². The second-order valence-electron chi connectivity index (χ2n) is 5.85. The van der Waals surface area contributed by atoms with Crippen molar-refractivity contribution in [2.45, 2.75) is 45.6 Å². The van der Waals surface area contributed by atoms with Crippen molar-refractivity contribution >= 4 is 11.6 Å². The maximum Gasteiger partial charge on any atom is 0.145 e. The molecule has 0 aliphatic carbocycles. The van der Waals surface area contributed by atoms with Crippen molar-refractivity contribution in [3.63, 3.8) is 0 Å². The lowest BCUT2D eigenvalue weighted by atomic mass is 10.2. The van der Waals surface area contributed by atoms with Crippen LogP contribution < -0.4 is 16.6 Å². The largest absolute Gasteiger partial charge is 0.366 e. The van der Waals surface area contributed by atoms with Crippen LogP contribution in [0.15, 0.2) is 6.07 Å². The summed E-state index contributed by atoms with van der Waals surface area (Å²) in [7, 11) is 0. The third-order valence-electron chi connectivity index (χ3n) is 3.53.